The third kappa shape index (κ3) is 6.33. The van der Waals surface area contributed by atoms with Crippen molar-refractivity contribution in [2.75, 3.05) is 0 Å². The molecule has 0 unspecified atom stereocenters. The first-order valence-electron chi connectivity index (χ1n) is 8.78. The van der Waals surface area contributed by atoms with E-state index in [0.29, 0.717) is 5.92 Å². The van der Waals surface area contributed by atoms with Crippen LogP contribution in [0.5, 0.6) is 0 Å². The number of aromatic nitrogens is 2. The van der Waals surface area contributed by atoms with Gasteiger partial charge in [0.05, 0.1) is 13.1 Å². The third-order valence-corrected chi connectivity index (χ3v) is 4.27. The van der Waals surface area contributed by atoms with Crippen molar-refractivity contribution in [3.05, 3.63) is 43.0 Å². The Hall–Kier alpha value is -1.31. The topological polar surface area (TPSA) is 8.81 Å². The normalized spacial score (nSPS) is 14.3. The van der Waals surface area contributed by atoms with Gasteiger partial charge >= 0.3 is 0 Å². The molecule has 0 bridgehead atoms. The molecule has 1 aromatic rings. The Bertz CT molecular complexity index is 430. The van der Waals surface area contributed by atoms with Gasteiger partial charge in [0.15, 0.2) is 0 Å². The molecule has 0 radical (unpaired) electrons. The molecule has 0 amide bonds. The lowest BCUT2D eigenvalue weighted by Gasteiger charge is -2.01. The molecule has 116 valence electrons. The van der Waals surface area contributed by atoms with Crippen molar-refractivity contribution in [2.24, 2.45) is 5.92 Å². The third-order valence-electron chi connectivity index (χ3n) is 4.27. The highest BCUT2D eigenvalue weighted by molar-refractivity contribution is 5.16. The summed E-state index contributed by atoms with van der Waals surface area (Å²) in [5.74, 6) is 0.578. The summed E-state index contributed by atoms with van der Waals surface area (Å²) >= 11 is 0. The van der Waals surface area contributed by atoms with E-state index in [-0.39, 0.29) is 0 Å². The van der Waals surface area contributed by atoms with Gasteiger partial charge in [-0.15, -0.1) is 0 Å². The summed E-state index contributed by atoms with van der Waals surface area (Å²) in [6.45, 7) is 4.51. The summed E-state index contributed by atoms with van der Waals surface area (Å²) in [6, 6.07) is 0. The van der Waals surface area contributed by atoms with Gasteiger partial charge in [-0.3, -0.25) is 0 Å². The quantitative estimate of drug-likeness (QED) is 0.413. The lowest BCUT2D eigenvalue weighted by molar-refractivity contribution is -0.699. The van der Waals surface area contributed by atoms with Crippen molar-refractivity contribution in [3.8, 4) is 0 Å². The predicted octanol–water partition coefficient (Wildman–Crippen LogP) is 4.66. The highest BCUT2D eigenvalue weighted by Gasteiger charge is 2.09. The summed E-state index contributed by atoms with van der Waals surface area (Å²) < 4.78 is 4.63. The van der Waals surface area contributed by atoms with E-state index < -0.39 is 0 Å². The molecule has 0 aliphatic heterocycles. The molecule has 0 fully saturated rings. The molecule has 1 aliphatic rings. The van der Waals surface area contributed by atoms with E-state index >= 15 is 0 Å². The first kappa shape index (κ1) is 16.1. The zero-order valence-corrected chi connectivity index (χ0v) is 13.6. The Kier molecular flexibility index (Phi) is 7.34. The maximum Gasteiger partial charge on any atom is 0.243 e. The molecule has 2 heteroatoms. The van der Waals surface area contributed by atoms with Crippen LogP contribution in [0.15, 0.2) is 43.0 Å². The maximum absolute atomic E-state index is 2.33. The van der Waals surface area contributed by atoms with Crippen LogP contribution in [0.4, 0.5) is 0 Å². The van der Waals surface area contributed by atoms with Gasteiger partial charge in [-0.25, -0.2) is 9.13 Å². The van der Waals surface area contributed by atoms with Crippen molar-refractivity contribution in [3.63, 3.8) is 0 Å². The summed E-state index contributed by atoms with van der Waals surface area (Å²) in [4.78, 5) is 0. The number of allylic oxidation sites excluding steroid dienone is 4. The number of hydrogen-bond donors (Lipinski definition) is 0. The van der Waals surface area contributed by atoms with Crippen molar-refractivity contribution in [1.82, 2.24) is 4.57 Å². The summed E-state index contributed by atoms with van der Waals surface area (Å²) in [5, 5.41) is 0. The fourth-order valence-electron chi connectivity index (χ4n) is 2.95. The highest BCUT2D eigenvalue weighted by Crippen LogP contribution is 2.10. The van der Waals surface area contributed by atoms with E-state index in [9.17, 15) is 0 Å². The molecule has 1 aliphatic carbocycles. The fourth-order valence-corrected chi connectivity index (χ4v) is 2.95. The van der Waals surface area contributed by atoms with E-state index in [2.05, 4.69) is 59.1 Å². The number of hydrogen-bond acceptors (Lipinski definition) is 0. The minimum atomic E-state index is 0.578. The van der Waals surface area contributed by atoms with Gasteiger partial charge < -0.3 is 0 Å². The Morgan fingerprint density at radius 3 is 2.29 bits per heavy atom. The van der Waals surface area contributed by atoms with Crippen LogP contribution in [0.3, 0.4) is 0 Å². The lowest BCUT2D eigenvalue weighted by atomic mass is 10.1. The molecule has 1 heterocycles. The number of imidazole rings is 1. The Morgan fingerprint density at radius 1 is 0.905 bits per heavy atom. The Labute approximate surface area is 130 Å². The monoisotopic (exact) mass is 287 g/mol. The number of rotatable bonds is 11. The zero-order valence-electron chi connectivity index (χ0n) is 13.6. The zero-order chi connectivity index (χ0) is 14.8. The Morgan fingerprint density at radius 2 is 1.57 bits per heavy atom. The van der Waals surface area contributed by atoms with E-state index in [0.717, 1.165) is 13.1 Å². The van der Waals surface area contributed by atoms with Gasteiger partial charge in [0.2, 0.25) is 6.33 Å². The van der Waals surface area contributed by atoms with Gasteiger partial charge in [-0.2, -0.15) is 0 Å². The smallest absolute Gasteiger partial charge is 0.237 e. The molecule has 0 saturated heterocycles. The van der Waals surface area contributed by atoms with Crippen LogP contribution in [0.1, 0.15) is 58.3 Å². The second kappa shape index (κ2) is 9.59. The van der Waals surface area contributed by atoms with Gasteiger partial charge in [-0.1, -0.05) is 69.8 Å². The van der Waals surface area contributed by atoms with Crippen LogP contribution in [0.2, 0.25) is 0 Å². The number of nitrogens with zero attached hydrogens (tertiary/aromatic N) is 2. The predicted molar refractivity (Wildman–Crippen MR) is 89.0 cm³/mol. The molecule has 1 aromatic heterocycles. The second-order valence-electron chi connectivity index (χ2n) is 6.26. The fraction of sp³-hybridized carbons (Fsp3) is 0.632. The summed E-state index contributed by atoms with van der Waals surface area (Å²) in [5.41, 5.74) is 0. The minimum Gasteiger partial charge on any atom is -0.237 e. The van der Waals surface area contributed by atoms with Crippen LogP contribution in [-0.4, -0.2) is 4.57 Å². The number of unbranched alkanes of at least 4 members (excludes halogenated alkanes) is 7. The molecule has 0 N–H and O–H groups in total. The van der Waals surface area contributed by atoms with Crippen molar-refractivity contribution >= 4 is 0 Å². The van der Waals surface area contributed by atoms with E-state index in [1.54, 1.807) is 0 Å². The van der Waals surface area contributed by atoms with Gasteiger partial charge in [0, 0.05) is 5.92 Å². The molecule has 2 nitrogen and oxygen atoms in total. The van der Waals surface area contributed by atoms with Crippen LogP contribution >= 0.6 is 0 Å². The van der Waals surface area contributed by atoms with Crippen molar-refractivity contribution < 1.29 is 4.57 Å². The summed E-state index contributed by atoms with van der Waals surface area (Å²) in [7, 11) is 0. The molecule has 0 atom stereocenters. The SMILES string of the molecule is CCCCCCCCCCn1cc[n+](CC2C=CC=C2)c1. The van der Waals surface area contributed by atoms with Crippen molar-refractivity contribution in [1.29, 1.82) is 0 Å². The van der Waals surface area contributed by atoms with Gasteiger partial charge in [0.1, 0.15) is 12.4 Å². The van der Waals surface area contributed by atoms with Crippen LogP contribution in [-0.2, 0) is 13.1 Å². The highest BCUT2D eigenvalue weighted by atomic mass is 15.1. The van der Waals surface area contributed by atoms with Gasteiger partial charge in [0.25, 0.3) is 0 Å². The van der Waals surface area contributed by atoms with Crippen LogP contribution in [0.25, 0.3) is 0 Å². The maximum atomic E-state index is 2.33. The molecule has 0 spiro atoms. The van der Waals surface area contributed by atoms with Crippen LogP contribution < -0.4 is 4.57 Å². The Balaban J connectivity index is 1.53. The minimum absolute atomic E-state index is 0.578. The van der Waals surface area contributed by atoms with Crippen LogP contribution in [0, 0.1) is 5.92 Å². The van der Waals surface area contributed by atoms with E-state index in [1.807, 2.05) is 0 Å². The largest absolute Gasteiger partial charge is 0.243 e. The lowest BCUT2D eigenvalue weighted by Crippen LogP contribution is -2.34. The molecule has 21 heavy (non-hydrogen) atoms. The first-order valence-corrected chi connectivity index (χ1v) is 8.78. The van der Waals surface area contributed by atoms with Crippen molar-refractivity contribution in [2.45, 2.75) is 71.4 Å². The first-order chi connectivity index (χ1) is 10.4. The second-order valence-corrected chi connectivity index (χ2v) is 6.26. The molecule has 0 saturated carbocycles. The van der Waals surface area contributed by atoms with E-state index in [1.165, 1.54) is 51.4 Å². The summed E-state index contributed by atoms with van der Waals surface area (Å²) in [6.07, 6.45) is 26.6. The van der Waals surface area contributed by atoms with Gasteiger partial charge in [-0.05, 0) is 12.8 Å². The average molecular weight is 287 g/mol. The number of aryl methyl sites for hydroxylation is 1. The molecular formula is C19H31N2+. The van der Waals surface area contributed by atoms with E-state index in [4.69, 9.17) is 0 Å². The molecule has 2 rings (SSSR count). The molecule has 0 aromatic carbocycles. The molecular weight excluding hydrogens is 256 g/mol. The standard InChI is InChI=1S/C19H31N2/c1-2-3-4-5-6-7-8-11-14-20-15-16-21(18-20)17-19-12-9-10-13-19/h9-10,12-13,15-16,18-19H,2-8,11,14,17H2,1H3/q+1. The average Bonchev–Trinajstić information content (AvgIpc) is 3.14.